The Morgan fingerprint density at radius 3 is 2.67 bits per heavy atom. The highest BCUT2D eigenvalue weighted by molar-refractivity contribution is 6.26. The normalized spacial score (nSPS) is 9.11. The molecule has 0 rings (SSSR count). The maximum Gasteiger partial charge on any atom is 0.320 e. The number of carbonyl (C=O) groups excluding carboxylic acids is 1. The van der Waals surface area contributed by atoms with Crippen LogP contribution in [-0.4, -0.2) is 32.2 Å². The quantitative estimate of drug-likeness (QED) is 0.333. The van der Waals surface area contributed by atoms with Gasteiger partial charge in [-0.05, 0) is 0 Å². The minimum Gasteiger partial charge on any atom is -0.462 e. The zero-order chi connectivity index (χ0) is 7.11. The Labute approximate surface area is 58.9 Å². The molecule has 54 valence electrons. The summed E-state index contributed by atoms with van der Waals surface area (Å²) in [5.74, 6) is -0.502. The van der Waals surface area contributed by atoms with Gasteiger partial charge in [0.1, 0.15) is 12.5 Å². The van der Waals surface area contributed by atoms with Gasteiger partial charge in [0.25, 0.3) is 0 Å². The van der Waals surface area contributed by atoms with Crippen LogP contribution in [0.5, 0.6) is 0 Å². The largest absolute Gasteiger partial charge is 0.462 e. The van der Waals surface area contributed by atoms with Crippen LogP contribution < -0.4 is 0 Å². The molecule has 0 atom stereocenters. The SMILES string of the molecule is COCCOC(=O)CCl. The first kappa shape index (κ1) is 8.72. The Balaban J connectivity index is 2.97. The van der Waals surface area contributed by atoms with E-state index < -0.39 is 5.97 Å². The summed E-state index contributed by atoms with van der Waals surface area (Å²) in [5, 5.41) is 0. The van der Waals surface area contributed by atoms with Gasteiger partial charge in [-0.25, -0.2) is 0 Å². The molecule has 0 bridgehead atoms. The molecule has 0 aliphatic rings. The number of halogens is 1. The van der Waals surface area contributed by atoms with Crippen molar-refractivity contribution in [1.29, 1.82) is 0 Å². The third-order valence-corrected chi connectivity index (χ3v) is 0.878. The van der Waals surface area contributed by atoms with Crippen molar-refractivity contribution in [3.63, 3.8) is 0 Å². The molecule has 0 aromatic rings. The van der Waals surface area contributed by atoms with Crippen LogP contribution in [0.2, 0.25) is 0 Å². The Morgan fingerprint density at radius 1 is 1.56 bits per heavy atom. The number of hydrogen-bond acceptors (Lipinski definition) is 3. The maximum absolute atomic E-state index is 10.3. The van der Waals surface area contributed by atoms with Crippen molar-refractivity contribution in [2.45, 2.75) is 0 Å². The van der Waals surface area contributed by atoms with Crippen molar-refractivity contribution < 1.29 is 14.3 Å². The van der Waals surface area contributed by atoms with Crippen LogP contribution >= 0.6 is 11.6 Å². The van der Waals surface area contributed by atoms with E-state index in [2.05, 4.69) is 9.47 Å². The van der Waals surface area contributed by atoms with Crippen molar-refractivity contribution in [1.82, 2.24) is 0 Å². The molecular weight excluding hydrogens is 144 g/mol. The highest BCUT2D eigenvalue weighted by atomic mass is 35.5. The Morgan fingerprint density at radius 2 is 2.22 bits per heavy atom. The first-order valence-electron chi connectivity index (χ1n) is 2.51. The molecule has 0 aromatic heterocycles. The van der Waals surface area contributed by atoms with Gasteiger partial charge in [0.05, 0.1) is 6.61 Å². The predicted molar refractivity (Wildman–Crippen MR) is 33.6 cm³/mol. The van der Waals surface area contributed by atoms with Crippen LogP contribution in [0.1, 0.15) is 0 Å². The number of esters is 1. The van der Waals surface area contributed by atoms with Crippen LogP contribution in [0.3, 0.4) is 0 Å². The maximum atomic E-state index is 10.3. The van der Waals surface area contributed by atoms with Crippen molar-refractivity contribution in [2.75, 3.05) is 26.2 Å². The van der Waals surface area contributed by atoms with E-state index in [1.165, 1.54) is 7.11 Å². The minimum absolute atomic E-state index is 0.0935. The van der Waals surface area contributed by atoms with Crippen LogP contribution in [0.15, 0.2) is 0 Å². The van der Waals surface area contributed by atoms with Gasteiger partial charge in [-0.3, -0.25) is 4.79 Å². The molecule has 9 heavy (non-hydrogen) atoms. The van der Waals surface area contributed by atoms with E-state index in [0.717, 1.165) is 0 Å². The fourth-order valence-electron chi connectivity index (χ4n) is 0.277. The molecular formula is C5H9ClO3. The number of carbonyl (C=O) groups is 1. The molecule has 0 aliphatic heterocycles. The lowest BCUT2D eigenvalue weighted by Crippen LogP contribution is -2.10. The molecule has 0 saturated carbocycles. The van der Waals surface area contributed by atoms with Crippen molar-refractivity contribution in [3.05, 3.63) is 0 Å². The predicted octanol–water partition coefficient (Wildman–Crippen LogP) is 0.415. The average Bonchev–Trinajstić information content (AvgIpc) is 1.89. The highest BCUT2D eigenvalue weighted by Crippen LogP contribution is 1.81. The lowest BCUT2D eigenvalue weighted by Gasteiger charge is -1.99. The zero-order valence-electron chi connectivity index (χ0n) is 5.22. The molecule has 0 amide bonds. The van der Waals surface area contributed by atoms with Crippen LogP contribution in [0.4, 0.5) is 0 Å². The van der Waals surface area contributed by atoms with Crippen LogP contribution in [-0.2, 0) is 14.3 Å². The summed E-state index contributed by atoms with van der Waals surface area (Å²) < 4.78 is 9.15. The summed E-state index contributed by atoms with van der Waals surface area (Å²) in [5.41, 5.74) is 0. The second-order valence-electron chi connectivity index (χ2n) is 1.35. The van der Waals surface area contributed by atoms with E-state index in [-0.39, 0.29) is 12.5 Å². The molecule has 0 spiro atoms. The van der Waals surface area contributed by atoms with Gasteiger partial charge in [0.15, 0.2) is 0 Å². The van der Waals surface area contributed by atoms with E-state index in [4.69, 9.17) is 11.6 Å². The number of hydrogen-bond donors (Lipinski definition) is 0. The van der Waals surface area contributed by atoms with E-state index in [9.17, 15) is 4.79 Å². The third-order valence-electron chi connectivity index (χ3n) is 0.660. The molecule has 0 heterocycles. The second-order valence-corrected chi connectivity index (χ2v) is 1.61. The third kappa shape index (κ3) is 5.59. The summed E-state index contributed by atoms with van der Waals surface area (Å²) in [6.07, 6.45) is 0. The van der Waals surface area contributed by atoms with E-state index in [1.54, 1.807) is 0 Å². The van der Waals surface area contributed by atoms with Gasteiger partial charge in [0.2, 0.25) is 0 Å². The van der Waals surface area contributed by atoms with Gasteiger partial charge in [-0.2, -0.15) is 0 Å². The number of rotatable bonds is 4. The Bertz CT molecular complexity index is 84.3. The van der Waals surface area contributed by atoms with Crippen molar-refractivity contribution >= 4 is 17.6 Å². The lowest BCUT2D eigenvalue weighted by molar-refractivity contribution is -0.141. The second kappa shape index (κ2) is 5.85. The molecule has 3 nitrogen and oxygen atoms in total. The standard InChI is InChI=1S/C5H9ClO3/c1-8-2-3-9-5(7)4-6/h2-4H2,1H3. The molecule has 0 saturated heterocycles. The Hall–Kier alpha value is -0.280. The number of methoxy groups -OCH3 is 1. The first-order chi connectivity index (χ1) is 4.31. The molecule has 0 radical (unpaired) electrons. The number of alkyl halides is 1. The van der Waals surface area contributed by atoms with Crippen LogP contribution in [0.25, 0.3) is 0 Å². The molecule has 4 heteroatoms. The molecule has 0 N–H and O–H groups in total. The summed E-state index contributed by atoms with van der Waals surface area (Å²) in [7, 11) is 1.54. The van der Waals surface area contributed by atoms with Gasteiger partial charge in [-0.15, -0.1) is 11.6 Å². The molecule has 0 aliphatic carbocycles. The van der Waals surface area contributed by atoms with Crippen molar-refractivity contribution in [2.24, 2.45) is 0 Å². The van der Waals surface area contributed by atoms with E-state index in [0.29, 0.717) is 6.61 Å². The fraction of sp³-hybridized carbons (Fsp3) is 0.800. The van der Waals surface area contributed by atoms with E-state index >= 15 is 0 Å². The van der Waals surface area contributed by atoms with E-state index in [1.807, 2.05) is 0 Å². The smallest absolute Gasteiger partial charge is 0.320 e. The molecule has 0 unspecified atom stereocenters. The summed E-state index contributed by atoms with van der Waals surface area (Å²) in [6.45, 7) is 0.699. The lowest BCUT2D eigenvalue weighted by atomic mass is 10.7. The topological polar surface area (TPSA) is 35.5 Å². The summed E-state index contributed by atoms with van der Waals surface area (Å²) in [4.78, 5) is 10.3. The Kier molecular flexibility index (Phi) is 5.67. The summed E-state index contributed by atoms with van der Waals surface area (Å²) >= 11 is 5.12. The van der Waals surface area contributed by atoms with Gasteiger partial charge in [0, 0.05) is 7.11 Å². The van der Waals surface area contributed by atoms with Crippen LogP contribution in [0, 0.1) is 0 Å². The zero-order valence-corrected chi connectivity index (χ0v) is 5.98. The average molecular weight is 153 g/mol. The highest BCUT2D eigenvalue weighted by Gasteiger charge is 1.96. The van der Waals surface area contributed by atoms with Crippen molar-refractivity contribution in [3.8, 4) is 0 Å². The number of ether oxygens (including phenoxy) is 2. The minimum atomic E-state index is -0.409. The molecule has 0 fully saturated rings. The van der Waals surface area contributed by atoms with Gasteiger partial charge in [-0.1, -0.05) is 0 Å². The summed E-state index contributed by atoms with van der Waals surface area (Å²) in [6, 6.07) is 0. The molecule has 0 aromatic carbocycles. The van der Waals surface area contributed by atoms with Gasteiger partial charge < -0.3 is 9.47 Å². The fourth-order valence-corrected chi connectivity index (χ4v) is 0.355. The van der Waals surface area contributed by atoms with Gasteiger partial charge >= 0.3 is 5.97 Å². The first-order valence-corrected chi connectivity index (χ1v) is 3.05. The monoisotopic (exact) mass is 152 g/mol.